The molecule has 1 heterocycles. The van der Waals surface area contributed by atoms with Crippen molar-refractivity contribution in [1.29, 1.82) is 0 Å². The molecule has 3 aromatic rings. The Bertz CT molecular complexity index is 1120. The van der Waals surface area contributed by atoms with Crippen molar-refractivity contribution >= 4 is 40.1 Å². The number of amides is 3. The number of nitrogens with one attached hydrogen (secondary N) is 1. The van der Waals surface area contributed by atoms with Crippen LogP contribution in [0.15, 0.2) is 66.7 Å². The lowest BCUT2D eigenvalue weighted by Gasteiger charge is -2.24. The Kier molecular flexibility index (Phi) is 4.40. The summed E-state index contributed by atoms with van der Waals surface area (Å²) in [5.41, 5.74) is -0.279. The average Bonchev–Trinajstić information content (AvgIpc) is 2.91. The Morgan fingerprint density at radius 1 is 1.00 bits per heavy atom. The Balaban J connectivity index is 1.69. The average molecular weight is 393 g/mol. The number of fused-ring (bicyclic) bond motifs is 1. The molecule has 140 valence electrons. The third-order valence-electron chi connectivity index (χ3n) is 5.08. The topological polar surface area (TPSA) is 66.5 Å². The molecule has 0 saturated carbocycles. The first-order valence-corrected chi connectivity index (χ1v) is 9.20. The van der Waals surface area contributed by atoms with E-state index < -0.39 is 23.3 Å². The van der Waals surface area contributed by atoms with Crippen LogP contribution in [0.5, 0.6) is 0 Å². The number of hydrogen-bond acceptors (Lipinski definition) is 3. The minimum atomic E-state index is -1.25. The van der Waals surface area contributed by atoms with Gasteiger partial charge in [-0.25, -0.2) is 4.79 Å². The van der Waals surface area contributed by atoms with Gasteiger partial charge >= 0.3 is 6.03 Å². The molecule has 0 bridgehead atoms. The Morgan fingerprint density at radius 2 is 1.68 bits per heavy atom. The fourth-order valence-electron chi connectivity index (χ4n) is 3.60. The van der Waals surface area contributed by atoms with Gasteiger partial charge in [0.25, 0.3) is 5.91 Å². The molecular formula is C22H17ClN2O3. The molecule has 0 radical (unpaired) electrons. The first-order chi connectivity index (χ1) is 13.4. The summed E-state index contributed by atoms with van der Waals surface area (Å²) in [7, 11) is 0. The number of carbonyl (C=O) groups excluding carboxylic acids is 3. The summed E-state index contributed by atoms with van der Waals surface area (Å²) >= 11 is 6.07. The third-order valence-corrected chi connectivity index (χ3v) is 5.41. The van der Waals surface area contributed by atoms with Crippen molar-refractivity contribution in [2.45, 2.75) is 12.5 Å². The normalized spacial score (nSPS) is 19.1. The number of hydrogen-bond donors (Lipinski definition) is 1. The van der Waals surface area contributed by atoms with E-state index in [2.05, 4.69) is 5.32 Å². The van der Waals surface area contributed by atoms with E-state index in [0.29, 0.717) is 5.56 Å². The van der Waals surface area contributed by atoms with Gasteiger partial charge in [-0.15, -0.1) is 0 Å². The van der Waals surface area contributed by atoms with Crippen LogP contribution < -0.4 is 5.32 Å². The van der Waals surface area contributed by atoms with Crippen LogP contribution in [0.25, 0.3) is 10.8 Å². The molecule has 1 fully saturated rings. The van der Waals surface area contributed by atoms with Crippen LogP contribution in [-0.2, 0) is 10.3 Å². The minimum Gasteiger partial charge on any atom is -0.319 e. The molecule has 4 rings (SSSR count). The molecule has 5 nitrogen and oxygen atoms in total. The highest BCUT2D eigenvalue weighted by Crippen LogP contribution is 2.34. The lowest BCUT2D eigenvalue weighted by molar-refractivity contribution is -0.130. The van der Waals surface area contributed by atoms with E-state index in [9.17, 15) is 14.4 Å². The number of Topliss-reactive ketones (excluding diaryl/α,β-unsaturated/α-hetero) is 1. The van der Waals surface area contributed by atoms with Crippen molar-refractivity contribution < 1.29 is 14.4 Å². The van der Waals surface area contributed by atoms with Gasteiger partial charge in [-0.1, -0.05) is 66.2 Å². The third kappa shape index (κ3) is 2.84. The molecule has 1 aliphatic rings. The number of imide groups is 1. The van der Waals surface area contributed by atoms with Gasteiger partial charge in [-0.2, -0.15) is 0 Å². The molecule has 1 saturated heterocycles. The second-order valence-corrected chi connectivity index (χ2v) is 7.28. The minimum absolute atomic E-state index is 0.281. The van der Waals surface area contributed by atoms with Crippen molar-refractivity contribution in [3.05, 3.63) is 82.9 Å². The summed E-state index contributed by atoms with van der Waals surface area (Å²) in [5.74, 6) is -0.856. The fraction of sp³-hybridized carbons (Fsp3) is 0.136. The quantitative estimate of drug-likeness (QED) is 0.536. The Morgan fingerprint density at radius 3 is 2.46 bits per heavy atom. The highest BCUT2D eigenvalue weighted by Gasteiger charge is 2.50. The molecule has 1 atom stereocenters. The zero-order chi connectivity index (χ0) is 19.9. The maximum atomic E-state index is 13.2. The van der Waals surface area contributed by atoms with Crippen LogP contribution in [0, 0.1) is 0 Å². The van der Waals surface area contributed by atoms with Crippen LogP contribution in [0.2, 0.25) is 5.02 Å². The second-order valence-electron chi connectivity index (χ2n) is 6.88. The van der Waals surface area contributed by atoms with E-state index in [1.165, 1.54) is 0 Å². The van der Waals surface area contributed by atoms with Crippen LogP contribution in [0.4, 0.5) is 4.79 Å². The van der Waals surface area contributed by atoms with E-state index in [1.54, 1.807) is 31.2 Å². The number of halogens is 1. The molecule has 3 amide bonds. The summed E-state index contributed by atoms with van der Waals surface area (Å²) in [6, 6.07) is 19.2. The summed E-state index contributed by atoms with van der Waals surface area (Å²) in [5, 5.41) is 4.89. The fourth-order valence-corrected chi connectivity index (χ4v) is 3.84. The molecule has 0 aliphatic carbocycles. The van der Waals surface area contributed by atoms with Crippen molar-refractivity contribution in [1.82, 2.24) is 10.2 Å². The van der Waals surface area contributed by atoms with Gasteiger partial charge in [-0.05, 0) is 35.4 Å². The Hall–Kier alpha value is -3.18. The number of nitrogens with zero attached hydrogens (tertiary/aromatic N) is 1. The van der Waals surface area contributed by atoms with E-state index in [0.717, 1.165) is 15.7 Å². The van der Waals surface area contributed by atoms with Gasteiger partial charge in [0.1, 0.15) is 5.54 Å². The predicted octanol–water partition coefficient (Wildman–Crippen LogP) is 4.14. The van der Waals surface area contributed by atoms with E-state index in [1.807, 2.05) is 42.5 Å². The highest BCUT2D eigenvalue weighted by atomic mass is 35.5. The first kappa shape index (κ1) is 18.2. The van der Waals surface area contributed by atoms with E-state index >= 15 is 0 Å². The number of rotatable bonds is 4. The molecular weight excluding hydrogens is 376 g/mol. The summed E-state index contributed by atoms with van der Waals surface area (Å²) in [6.45, 7) is 1.30. The van der Waals surface area contributed by atoms with Gasteiger partial charge in [0.05, 0.1) is 11.6 Å². The zero-order valence-corrected chi connectivity index (χ0v) is 15.9. The zero-order valence-electron chi connectivity index (χ0n) is 15.1. The van der Waals surface area contributed by atoms with Crippen LogP contribution in [-0.4, -0.2) is 29.2 Å². The van der Waals surface area contributed by atoms with Gasteiger partial charge in [-0.3, -0.25) is 14.5 Å². The van der Waals surface area contributed by atoms with Crippen molar-refractivity contribution in [3.63, 3.8) is 0 Å². The van der Waals surface area contributed by atoms with Crippen molar-refractivity contribution in [2.75, 3.05) is 6.54 Å². The molecule has 1 N–H and O–H groups in total. The molecule has 0 spiro atoms. The van der Waals surface area contributed by atoms with Crippen LogP contribution in [0.1, 0.15) is 22.8 Å². The largest absolute Gasteiger partial charge is 0.325 e. The van der Waals surface area contributed by atoms with Crippen LogP contribution >= 0.6 is 11.6 Å². The maximum Gasteiger partial charge on any atom is 0.325 e. The number of benzene rings is 3. The number of ketones is 1. The maximum absolute atomic E-state index is 13.2. The Labute approximate surface area is 166 Å². The smallest absolute Gasteiger partial charge is 0.319 e. The van der Waals surface area contributed by atoms with E-state index in [4.69, 9.17) is 11.6 Å². The first-order valence-electron chi connectivity index (χ1n) is 8.82. The highest BCUT2D eigenvalue weighted by molar-refractivity contribution is 6.34. The standard InChI is InChI=1S/C22H17ClN2O3/c1-22(17-11-6-8-14-7-2-3-9-15(14)17)20(27)25(21(28)24-22)13-19(26)16-10-4-5-12-18(16)23/h2-12H,13H2,1H3,(H,24,28)/t22-/m0/s1. The van der Waals surface area contributed by atoms with E-state index in [-0.39, 0.29) is 17.1 Å². The molecule has 6 heteroatoms. The van der Waals surface area contributed by atoms with Crippen molar-refractivity contribution in [2.24, 2.45) is 0 Å². The number of carbonyl (C=O) groups is 3. The van der Waals surface area contributed by atoms with Gasteiger partial charge in [0.2, 0.25) is 0 Å². The second kappa shape index (κ2) is 6.77. The predicted molar refractivity (Wildman–Crippen MR) is 107 cm³/mol. The summed E-state index contributed by atoms with van der Waals surface area (Å²) in [4.78, 5) is 39.3. The molecule has 3 aromatic carbocycles. The van der Waals surface area contributed by atoms with Gasteiger partial charge in [0.15, 0.2) is 5.78 Å². The lowest BCUT2D eigenvalue weighted by Crippen LogP contribution is -2.41. The molecule has 0 unspecified atom stereocenters. The van der Waals surface area contributed by atoms with Crippen molar-refractivity contribution in [3.8, 4) is 0 Å². The van der Waals surface area contributed by atoms with Gasteiger partial charge in [0, 0.05) is 5.56 Å². The van der Waals surface area contributed by atoms with Gasteiger partial charge < -0.3 is 5.32 Å². The monoisotopic (exact) mass is 392 g/mol. The summed E-state index contributed by atoms with van der Waals surface area (Å²) < 4.78 is 0. The molecule has 1 aliphatic heterocycles. The number of urea groups is 1. The lowest BCUT2D eigenvalue weighted by atomic mass is 9.88. The summed E-state index contributed by atoms with van der Waals surface area (Å²) in [6.07, 6.45) is 0. The van der Waals surface area contributed by atoms with Crippen LogP contribution in [0.3, 0.4) is 0 Å². The SMILES string of the molecule is C[C@@]1(c2cccc3ccccc23)NC(=O)N(CC(=O)c2ccccc2Cl)C1=O. The molecule has 28 heavy (non-hydrogen) atoms. The molecule has 0 aromatic heterocycles.